The minimum Gasteiger partial charge on any atom is -0.493 e. The zero-order valence-corrected chi connectivity index (χ0v) is 18.1. The van der Waals surface area contributed by atoms with Crippen LogP contribution in [0.4, 0.5) is 5.95 Å². The molecule has 0 aliphatic carbocycles. The molecule has 1 aromatic heterocycles. The van der Waals surface area contributed by atoms with Crippen LogP contribution in [-0.2, 0) is 4.74 Å². The minimum absolute atomic E-state index is 0.0838. The van der Waals surface area contributed by atoms with Crippen molar-refractivity contribution in [2.24, 2.45) is 0 Å². The summed E-state index contributed by atoms with van der Waals surface area (Å²) in [6, 6.07) is 19.1. The first-order chi connectivity index (χ1) is 16.2. The Bertz CT molecular complexity index is 1220. The van der Waals surface area contributed by atoms with E-state index in [1.807, 2.05) is 41.0 Å². The average molecular weight is 442 g/mol. The Morgan fingerprint density at radius 1 is 1.09 bits per heavy atom. The van der Waals surface area contributed by atoms with Gasteiger partial charge in [-0.05, 0) is 35.9 Å². The SMILES string of the molecule is COc1cc(/C=C(\C#N)c2nnc(N3CCOCC3)n2-c2ccccc2)ccc1OCC#N. The van der Waals surface area contributed by atoms with E-state index in [0.717, 1.165) is 11.3 Å². The second kappa shape index (κ2) is 10.3. The summed E-state index contributed by atoms with van der Waals surface area (Å²) in [5, 5.41) is 27.6. The number of benzene rings is 2. The molecule has 0 atom stereocenters. The maximum absolute atomic E-state index is 10.0. The molecule has 0 bridgehead atoms. The van der Waals surface area contributed by atoms with Crippen LogP contribution in [0.5, 0.6) is 11.5 Å². The van der Waals surface area contributed by atoms with Crippen molar-refractivity contribution in [1.82, 2.24) is 14.8 Å². The predicted octanol–water partition coefficient (Wildman–Crippen LogP) is 3.08. The lowest BCUT2D eigenvalue weighted by Gasteiger charge is -2.28. The molecule has 0 unspecified atom stereocenters. The van der Waals surface area contributed by atoms with Crippen LogP contribution >= 0.6 is 0 Å². The van der Waals surface area contributed by atoms with E-state index in [-0.39, 0.29) is 6.61 Å². The van der Waals surface area contributed by atoms with Gasteiger partial charge < -0.3 is 19.1 Å². The Morgan fingerprint density at radius 3 is 2.58 bits per heavy atom. The highest BCUT2D eigenvalue weighted by molar-refractivity contribution is 5.88. The van der Waals surface area contributed by atoms with Crippen LogP contribution in [0.15, 0.2) is 48.5 Å². The standard InChI is InChI=1S/C24H22N6O3/c1-31-22-16-18(7-8-21(22)33-12-9-25)15-19(17-26)23-27-28-24(29-10-13-32-14-11-29)30(23)20-5-3-2-4-6-20/h2-8,15-16H,10-14H2,1H3/b19-15+. The molecule has 1 aliphatic heterocycles. The zero-order valence-electron chi connectivity index (χ0n) is 18.1. The van der Waals surface area contributed by atoms with Gasteiger partial charge in [-0.15, -0.1) is 10.2 Å². The first kappa shape index (κ1) is 21.9. The topological polar surface area (TPSA) is 109 Å². The molecule has 9 heteroatoms. The lowest BCUT2D eigenvalue weighted by molar-refractivity contribution is 0.122. The number of para-hydroxylation sites is 1. The second-order valence-corrected chi connectivity index (χ2v) is 7.12. The zero-order chi connectivity index (χ0) is 23.0. The second-order valence-electron chi connectivity index (χ2n) is 7.12. The average Bonchev–Trinajstić information content (AvgIpc) is 3.32. The molecule has 0 amide bonds. The van der Waals surface area contributed by atoms with Gasteiger partial charge in [0, 0.05) is 13.1 Å². The molecule has 0 N–H and O–H groups in total. The molecule has 0 radical (unpaired) electrons. The molecule has 4 rings (SSSR count). The van der Waals surface area contributed by atoms with Crippen LogP contribution in [0.1, 0.15) is 11.4 Å². The van der Waals surface area contributed by atoms with Gasteiger partial charge in [0.2, 0.25) is 5.95 Å². The number of hydrogen-bond donors (Lipinski definition) is 0. The Morgan fingerprint density at radius 2 is 1.88 bits per heavy atom. The van der Waals surface area contributed by atoms with E-state index in [0.29, 0.717) is 55.1 Å². The van der Waals surface area contributed by atoms with Crippen molar-refractivity contribution in [3.8, 4) is 29.3 Å². The summed E-state index contributed by atoms with van der Waals surface area (Å²) in [6.45, 7) is 2.52. The van der Waals surface area contributed by atoms with Crippen LogP contribution in [-0.4, -0.2) is 54.8 Å². The molecule has 0 saturated carbocycles. The van der Waals surface area contributed by atoms with Crippen LogP contribution < -0.4 is 14.4 Å². The Kier molecular flexibility index (Phi) is 6.84. The smallest absolute Gasteiger partial charge is 0.232 e. The molecule has 2 heterocycles. The number of allylic oxidation sites excluding steroid dienone is 1. The van der Waals surface area contributed by atoms with Gasteiger partial charge >= 0.3 is 0 Å². The van der Waals surface area contributed by atoms with Crippen LogP contribution in [0.2, 0.25) is 0 Å². The van der Waals surface area contributed by atoms with Crippen molar-refractivity contribution in [3.05, 3.63) is 59.9 Å². The first-order valence-corrected chi connectivity index (χ1v) is 10.4. The van der Waals surface area contributed by atoms with Crippen LogP contribution in [0.25, 0.3) is 17.3 Å². The van der Waals surface area contributed by atoms with Crippen molar-refractivity contribution >= 4 is 17.6 Å². The molecule has 1 aliphatic rings. The number of aromatic nitrogens is 3. The third-order valence-electron chi connectivity index (χ3n) is 5.11. The van der Waals surface area contributed by atoms with Gasteiger partial charge in [-0.3, -0.25) is 4.57 Å². The number of rotatable bonds is 7. The lowest BCUT2D eigenvalue weighted by Crippen LogP contribution is -2.38. The van der Waals surface area contributed by atoms with E-state index in [9.17, 15) is 5.26 Å². The Balaban J connectivity index is 1.77. The van der Waals surface area contributed by atoms with E-state index in [1.165, 1.54) is 7.11 Å². The van der Waals surface area contributed by atoms with Crippen LogP contribution in [0, 0.1) is 22.7 Å². The highest BCUT2D eigenvalue weighted by atomic mass is 16.5. The van der Waals surface area contributed by atoms with Crippen molar-refractivity contribution in [2.75, 3.05) is 44.9 Å². The molecule has 9 nitrogen and oxygen atoms in total. The summed E-state index contributed by atoms with van der Waals surface area (Å²) in [7, 11) is 1.52. The van der Waals surface area contributed by atoms with Crippen molar-refractivity contribution in [3.63, 3.8) is 0 Å². The summed E-state index contributed by atoms with van der Waals surface area (Å²) < 4.78 is 18.1. The van der Waals surface area contributed by atoms with Gasteiger partial charge in [-0.2, -0.15) is 10.5 Å². The maximum Gasteiger partial charge on any atom is 0.232 e. The van der Waals surface area contributed by atoms with Gasteiger partial charge in [0.15, 0.2) is 23.9 Å². The molecule has 1 fully saturated rings. The summed E-state index contributed by atoms with van der Waals surface area (Å²) in [5.41, 5.74) is 1.93. The molecular weight excluding hydrogens is 420 g/mol. The quantitative estimate of drug-likeness (QED) is 0.514. The van der Waals surface area contributed by atoms with Crippen molar-refractivity contribution < 1.29 is 14.2 Å². The van der Waals surface area contributed by atoms with E-state index < -0.39 is 0 Å². The third-order valence-corrected chi connectivity index (χ3v) is 5.11. The van der Waals surface area contributed by atoms with Crippen molar-refractivity contribution in [2.45, 2.75) is 0 Å². The number of anilines is 1. The number of nitriles is 2. The fourth-order valence-electron chi connectivity index (χ4n) is 3.55. The number of morpholine rings is 1. The molecule has 33 heavy (non-hydrogen) atoms. The van der Waals surface area contributed by atoms with Crippen molar-refractivity contribution in [1.29, 1.82) is 10.5 Å². The number of methoxy groups -OCH3 is 1. The van der Waals surface area contributed by atoms with Gasteiger partial charge in [0.1, 0.15) is 12.1 Å². The van der Waals surface area contributed by atoms with E-state index in [2.05, 4.69) is 21.2 Å². The monoisotopic (exact) mass is 442 g/mol. The Hall–Kier alpha value is -4.34. The molecule has 166 valence electrons. The molecule has 1 saturated heterocycles. The number of nitrogens with zero attached hydrogens (tertiary/aromatic N) is 6. The number of hydrogen-bond acceptors (Lipinski definition) is 8. The highest BCUT2D eigenvalue weighted by Crippen LogP contribution is 2.31. The molecule has 0 spiro atoms. The highest BCUT2D eigenvalue weighted by Gasteiger charge is 2.23. The Labute approximate surface area is 191 Å². The minimum atomic E-state index is -0.0838. The normalized spacial score (nSPS) is 13.8. The van der Waals surface area contributed by atoms with Gasteiger partial charge in [0.25, 0.3) is 0 Å². The maximum atomic E-state index is 10.0. The van der Waals surface area contributed by atoms with Gasteiger partial charge in [0.05, 0.1) is 31.6 Å². The van der Waals surface area contributed by atoms with E-state index in [4.69, 9.17) is 19.5 Å². The van der Waals surface area contributed by atoms with Crippen LogP contribution in [0.3, 0.4) is 0 Å². The lowest BCUT2D eigenvalue weighted by atomic mass is 10.1. The molecule has 3 aromatic rings. The summed E-state index contributed by atoms with van der Waals surface area (Å²) in [5.74, 6) is 2.03. The predicted molar refractivity (Wildman–Crippen MR) is 122 cm³/mol. The first-order valence-electron chi connectivity index (χ1n) is 10.4. The van der Waals surface area contributed by atoms with E-state index >= 15 is 0 Å². The molecular formula is C24H22N6O3. The molecule has 2 aromatic carbocycles. The fourth-order valence-corrected chi connectivity index (χ4v) is 3.55. The van der Waals surface area contributed by atoms with E-state index in [1.54, 1.807) is 24.3 Å². The summed E-state index contributed by atoms with van der Waals surface area (Å²) in [6.07, 6.45) is 1.73. The fraction of sp³-hybridized carbons (Fsp3) is 0.250. The third kappa shape index (κ3) is 4.79. The summed E-state index contributed by atoms with van der Waals surface area (Å²) in [4.78, 5) is 2.10. The van der Waals surface area contributed by atoms with Gasteiger partial charge in [-0.25, -0.2) is 0 Å². The largest absolute Gasteiger partial charge is 0.493 e. The summed E-state index contributed by atoms with van der Waals surface area (Å²) >= 11 is 0. The number of ether oxygens (including phenoxy) is 3. The van der Waals surface area contributed by atoms with Gasteiger partial charge in [-0.1, -0.05) is 24.3 Å².